The van der Waals surface area contributed by atoms with Gasteiger partial charge >= 0.3 is 0 Å². The van der Waals surface area contributed by atoms with Crippen molar-refractivity contribution in [3.8, 4) is 0 Å². The average molecular weight is 308 g/mol. The fraction of sp³-hybridized carbons (Fsp3) is 0.611. The highest BCUT2D eigenvalue weighted by Crippen LogP contribution is 2.30. The van der Waals surface area contributed by atoms with E-state index in [4.69, 9.17) is 11.6 Å². The maximum absolute atomic E-state index is 12.0. The molecule has 0 aliphatic heterocycles. The number of halogens is 1. The van der Waals surface area contributed by atoms with Crippen LogP contribution in [0, 0.1) is 18.8 Å². The Hall–Kier alpha value is -1.02. The quantitative estimate of drug-likeness (QED) is 0.788. The molecular weight excluding hydrogens is 282 g/mol. The summed E-state index contributed by atoms with van der Waals surface area (Å²) < 4.78 is 0. The van der Waals surface area contributed by atoms with Crippen molar-refractivity contribution in [3.63, 3.8) is 0 Å². The highest BCUT2D eigenvalue weighted by atomic mass is 35.5. The molecule has 1 amide bonds. The van der Waals surface area contributed by atoms with Gasteiger partial charge in [0.1, 0.15) is 0 Å². The van der Waals surface area contributed by atoms with Crippen LogP contribution in [-0.4, -0.2) is 18.3 Å². The van der Waals surface area contributed by atoms with Gasteiger partial charge in [-0.25, -0.2) is 0 Å². The van der Waals surface area contributed by atoms with Gasteiger partial charge in [-0.05, 0) is 49.1 Å². The van der Waals surface area contributed by atoms with E-state index < -0.39 is 0 Å². The molecule has 0 heterocycles. The zero-order valence-electron chi connectivity index (χ0n) is 12.9. The first-order chi connectivity index (χ1) is 10.2. The third-order valence-corrected chi connectivity index (χ3v) is 5.11. The van der Waals surface area contributed by atoms with Gasteiger partial charge in [0.05, 0.1) is 0 Å². The van der Waals surface area contributed by atoms with Crippen LogP contribution in [-0.2, 0) is 11.2 Å². The molecule has 1 saturated carbocycles. The Morgan fingerprint density at radius 1 is 1.24 bits per heavy atom. The largest absolute Gasteiger partial charge is 0.356 e. The summed E-state index contributed by atoms with van der Waals surface area (Å²) in [5.74, 6) is 2.04. The number of alkyl halides is 1. The molecule has 1 fully saturated rings. The van der Waals surface area contributed by atoms with Crippen molar-refractivity contribution in [1.29, 1.82) is 0 Å². The van der Waals surface area contributed by atoms with Gasteiger partial charge in [0.25, 0.3) is 0 Å². The molecule has 21 heavy (non-hydrogen) atoms. The molecule has 1 aliphatic rings. The SMILES string of the molecule is Cc1ccccc1CCC(=O)NCC1CCCCC1CCl. The molecule has 0 aromatic heterocycles. The summed E-state index contributed by atoms with van der Waals surface area (Å²) in [6.07, 6.45) is 6.38. The summed E-state index contributed by atoms with van der Waals surface area (Å²) in [6.45, 7) is 2.89. The second-order valence-corrected chi connectivity index (χ2v) is 6.50. The lowest BCUT2D eigenvalue weighted by Crippen LogP contribution is -2.35. The number of hydrogen-bond acceptors (Lipinski definition) is 1. The number of hydrogen-bond donors (Lipinski definition) is 1. The molecule has 3 heteroatoms. The van der Waals surface area contributed by atoms with Crippen molar-refractivity contribution in [1.82, 2.24) is 5.32 Å². The van der Waals surface area contributed by atoms with Gasteiger partial charge in [0.2, 0.25) is 5.91 Å². The molecule has 1 aromatic rings. The maximum Gasteiger partial charge on any atom is 0.220 e. The Labute approximate surface area is 133 Å². The molecule has 1 N–H and O–H groups in total. The number of carbonyl (C=O) groups is 1. The lowest BCUT2D eigenvalue weighted by Gasteiger charge is -2.30. The highest BCUT2D eigenvalue weighted by Gasteiger charge is 2.24. The predicted octanol–water partition coefficient (Wildman–Crippen LogP) is 4.09. The van der Waals surface area contributed by atoms with Crippen LogP contribution in [0.15, 0.2) is 24.3 Å². The molecule has 0 saturated heterocycles. The van der Waals surface area contributed by atoms with Crippen molar-refractivity contribution in [2.75, 3.05) is 12.4 Å². The summed E-state index contributed by atoms with van der Waals surface area (Å²) in [4.78, 5) is 12.0. The van der Waals surface area contributed by atoms with Gasteiger partial charge in [-0.3, -0.25) is 4.79 Å². The van der Waals surface area contributed by atoms with E-state index in [1.54, 1.807) is 0 Å². The summed E-state index contributed by atoms with van der Waals surface area (Å²) in [5.41, 5.74) is 2.53. The van der Waals surface area contributed by atoms with E-state index in [2.05, 4.69) is 24.4 Å². The van der Waals surface area contributed by atoms with Crippen LogP contribution in [0.2, 0.25) is 0 Å². The molecule has 2 unspecified atom stereocenters. The molecule has 0 bridgehead atoms. The topological polar surface area (TPSA) is 29.1 Å². The molecule has 1 aliphatic carbocycles. The zero-order valence-corrected chi connectivity index (χ0v) is 13.7. The number of rotatable bonds is 6. The number of benzene rings is 1. The first-order valence-electron chi connectivity index (χ1n) is 8.08. The standard InChI is InChI=1S/C18H26ClNO/c1-14-6-2-3-7-15(14)10-11-18(21)20-13-17-9-5-4-8-16(17)12-19/h2-3,6-7,16-17H,4-5,8-13H2,1H3,(H,20,21). The highest BCUT2D eigenvalue weighted by molar-refractivity contribution is 6.18. The third-order valence-electron chi connectivity index (χ3n) is 4.71. The number of aryl methyl sites for hydroxylation is 2. The van der Waals surface area contributed by atoms with Crippen molar-refractivity contribution >= 4 is 17.5 Å². The Morgan fingerprint density at radius 2 is 1.95 bits per heavy atom. The fourth-order valence-electron chi connectivity index (χ4n) is 3.23. The van der Waals surface area contributed by atoms with Gasteiger partial charge in [0.15, 0.2) is 0 Å². The predicted molar refractivity (Wildman–Crippen MR) is 88.7 cm³/mol. The first-order valence-corrected chi connectivity index (χ1v) is 8.61. The summed E-state index contributed by atoms with van der Waals surface area (Å²) in [5, 5.41) is 3.11. The Balaban J connectivity index is 1.73. The molecule has 0 spiro atoms. The molecule has 2 nitrogen and oxygen atoms in total. The molecule has 116 valence electrons. The van der Waals surface area contributed by atoms with E-state index in [1.165, 1.54) is 36.8 Å². The smallest absolute Gasteiger partial charge is 0.220 e. The van der Waals surface area contributed by atoms with Crippen molar-refractivity contribution < 1.29 is 4.79 Å². The Bertz CT molecular complexity index is 460. The maximum atomic E-state index is 12.0. The lowest BCUT2D eigenvalue weighted by molar-refractivity contribution is -0.121. The van der Waals surface area contributed by atoms with Crippen LogP contribution >= 0.6 is 11.6 Å². The van der Waals surface area contributed by atoms with E-state index in [0.29, 0.717) is 18.3 Å². The average Bonchev–Trinajstić information content (AvgIpc) is 2.52. The van der Waals surface area contributed by atoms with Crippen LogP contribution in [0.3, 0.4) is 0 Å². The van der Waals surface area contributed by atoms with Gasteiger partial charge in [-0.15, -0.1) is 11.6 Å². The van der Waals surface area contributed by atoms with Crippen LogP contribution in [0.5, 0.6) is 0 Å². The second-order valence-electron chi connectivity index (χ2n) is 6.19. The van der Waals surface area contributed by atoms with Gasteiger partial charge < -0.3 is 5.32 Å². The fourth-order valence-corrected chi connectivity index (χ4v) is 3.63. The first kappa shape index (κ1) is 16.4. The molecule has 1 aromatic carbocycles. The lowest BCUT2D eigenvalue weighted by atomic mass is 9.80. The van der Waals surface area contributed by atoms with Crippen LogP contribution in [0.1, 0.15) is 43.2 Å². The van der Waals surface area contributed by atoms with E-state index >= 15 is 0 Å². The number of amides is 1. The summed E-state index contributed by atoms with van der Waals surface area (Å²) in [7, 11) is 0. The van der Waals surface area contributed by atoms with Gasteiger partial charge in [-0.1, -0.05) is 37.1 Å². The van der Waals surface area contributed by atoms with E-state index in [-0.39, 0.29) is 5.91 Å². The second kappa shape index (κ2) is 8.43. The zero-order chi connectivity index (χ0) is 15.1. The summed E-state index contributed by atoms with van der Waals surface area (Å²) in [6, 6.07) is 8.27. The van der Waals surface area contributed by atoms with Gasteiger partial charge in [-0.2, -0.15) is 0 Å². The van der Waals surface area contributed by atoms with E-state index in [9.17, 15) is 4.79 Å². The minimum atomic E-state index is 0.164. The van der Waals surface area contributed by atoms with Crippen molar-refractivity contribution in [3.05, 3.63) is 35.4 Å². The molecule has 2 atom stereocenters. The Morgan fingerprint density at radius 3 is 2.67 bits per heavy atom. The van der Waals surface area contributed by atoms with Crippen molar-refractivity contribution in [2.24, 2.45) is 11.8 Å². The van der Waals surface area contributed by atoms with Crippen LogP contribution in [0.4, 0.5) is 0 Å². The number of nitrogens with one attached hydrogen (secondary N) is 1. The van der Waals surface area contributed by atoms with Crippen LogP contribution in [0.25, 0.3) is 0 Å². The minimum absolute atomic E-state index is 0.164. The summed E-state index contributed by atoms with van der Waals surface area (Å²) >= 11 is 6.04. The van der Waals surface area contributed by atoms with Crippen LogP contribution < -0.4 is 5.32 Å². The van der Waals surface area contributed by atoms with E-state index in [1.807, 2.05) is 12.1 Å². The Kier molecular flexibility index (Phi) is 6.56. The monoisotopic (exact) mass is 307 g/mol. The van der Waals surface area contributed by atoms with Crippen molar-refractivity contribution in [2.45, 2.75) is 45.4 Å². The third kappa shape index (κ3) is 5.03. The normalized spacial score (nSPS) is 22.0. The molecule has 0 radical (unpaired) electrons. The molecular formula is C18H26ClNO. The number of carbonyl (C=O) groups excluding carboxylic acids is 1. The van der Waals surface area contributed by atoms with Gasteiger partial charge in [0, 0.05) is 18.8 Å². The minimum Gasteiger partial charge on any atom is -0.356 e. The van der Waals surface area contributed by atoms with E-state index in [0.717, 1.165) is 18.8 Å². The molecule has 2 rings (SSSR count).